The summed E-state index contributed by atoms with van der Waals surface area (Å²) in [6.07, 6.45) is 0. The van der Waals surface area contributed by atoms with Gasteiger partial charge in [-0.05, 0) is 42.5 Å². The number of imide groups is 1. The second kappa shape index (κ2) is 9.04. The summed E-state index contributed by atoms with van der Waals surface area (Å²) in [5.41, 5.74) is 1.31. The molecule has 1 N–H and O–H groups in total. The van der Waals surface area contributed by atoms with E-state index in [2.05, 4.69) is 5.32 Å². The summed E-state index contributed by atoms with van der Waals surface area (Å²) in [5.74, 6) is -0.219. The Morgan fingerprint density at radius 3 is 2.15 bits per heavy atom. The molecule has 168 valence electrons. The SMILES string of the molecule is COc1ccc(NC2=C(c3ccccc3OC)C(=O)N(c3ccc(F)cc3)C2=O)c(OC)c1. The first kappa shape index (κ1) is 21.9. The van der Waals surface area contributed by atoms with E-state index < -0.39 is 17.6 Å². The van der Waals surface area contributed by atoms with Gasteiger partial charge in [0.15, 0.2) is 0 Å². The Balaban J connectivity index is 1.87. The van der Waals surface area contributed by atoms with Crippen LogP contribution in [0.1, 0.15) is 5.56 Å². The quantitative estimate of drug-likeness (QED) is 0.545. The van der Waals surface area contributed by atoms with Gasteiger partial charge in [-0.1, -0.05) is 18.2 Å². The lowest BCUT2D eigenvalue weighted by Gasteiger charge is -2.16. The number of ether oxygens (including phenoxy) is 3. The van der Waals surface area contributed by atoms with Crippen molar-refractivity contribution < 1.29 is 28.2 Å². The number of carbonyl (C=O) groups is 2. The molecule has 1 aliphatic heterocycles. The molecule has 0 saturated heterocycles. The largest absolute Gasteiger partial charge is 0.497 e. The van der Waals surface area contributed by atoms with Crippen LogP contribution in [0.4, 0.5) is 15.8 Å². The van der Waals surface area contributed by atoms with Crippen molar-refractivity contribution in [3.8, 4) is 17.2 Å². The highest BCUT2D eigenvalue weighted by Gasteiger charge is 2.41. The van der Waals surface area contributed by atoms with Gasteiger partial charge in [-0.3, -0.25) is 9.59 Å². The zero-order valence-electron chi connectivity index (χ0n) is 18.2. The number of methoxy groups -OCH3 is 3. The summed E-state index contributed by atoms with van der Waals surface area (Å²) in [6.45, 7) is 0. The van der Waals surface area contributed by atoms with Crippen LogP contribution in [0.25, 0.3) is 5.57 Å². The molecule has 0 bridgehead atoms. The molecule has 0 spiro atoms. The van der Waals surface area contributed by atoms with E-state index >= 15 is 0 Å². The number of anilines is 2. The van der Waals surface area contributed by atoms with Crippen LogP contribution >= 0.6 is 0 Å². The van der Waals surface area contributed by atoms with Crippen molar-refractivity contribution in [1.82, 2.24) is 0 Å². The molecule has 0 aromatic heterocycles. The highest BCUT2D eigenvalue weighted by molar-refractivity contribution is 6.46. The minimum absolute atomic E-state index is 0.0392. The van der Waals surface area contributed by atoms with E-state index in [9.17, 15) is 14.0 Å². The Kier molecular flexibility index (Phi) is 5.99. The van der Waals surface area contributed by atoms with Crippen LogP contribution in [0.15, 0.2) is 72.4 Å². The number of benzene rings is 3. The molecule has 33 heavy (non-hydrogen) atoms. The van der Waals surface area contributed by atoms with Crippen LogP contribution in [0, 0.1) is 5.82 Å². The molecule has 8 heteroatoms. The van der Waals surface area contributed by atoms with Gasteiger partial charge in [0.1, 0.15) is 28.8 Å². The van der Waals surface area contributed by atoms with Crippen molar-refractivity contribution in [2.75, 3.05) is 31.5 Å². The predicted octanol–water partition coefficient (Wildman–Crippen LogP) is 4.25. The summed E-state index contributed by atoms with van der Waals surface area (Å²) in [5, 5.41) is 3.06. The van der Waals surface area contributed by atoms with Gasteiger partial charge in [-0.2, -0.15) is 0 Å². The van der Waals surface area contributed by atoms with Crippen molar-refractivity contribution in [1.29, 1.82) is 0 Å². The van der Waals surface area contributed by atoms with Crippen LogP contribution in [0.2, 0.25) is 0 Å². The first-order valence-corrected chi connectivity index (χ1v) is 9.99. The summed E-state index contributed by atoms with van der Waals surface area (Å²) in [4.78, 5) is 28.0. The van der Waals surface area contributed by atoms with Crippen molar-refractivity contribution in [3.05, 3.63) is 83.8 Å². The number of amides is 2. The molecule has 0 atom stereocenters. The van der Waals surface area contributed by atoms with E-state index in [1.54, 1.807) is 42.5 Å². The first-order chi connectivity index (χ1) is 16.0. The van der Waals surface area contributed by atoms with E-state index in [0.717, 1.165) is 4.90 Å². The Bertz CT molecular complexity index is 1250. The number of hydrogen-bond acceptors (Lipinski definition) is 6. The normalized spacial score (nSPS) is 13.4. The molecule has 0 saturated carbocycles. The Labute approximate surface area is 190 Å². The van der Waals surface area contributed by atoms with Crippen LogP contribution in [0.3, 0.4) is 0 Å². The molecule has 0 unspecified atom stereocenters. The maximum absolute atomic E-state index is 13.5. The summed E-state index contributed by atoms with van der Waals surface area (Å²) in [6, 6.07) is 17.1. The number of para-hydroxylation sites is 1. The average molecular weight is 448 g/mol. The highest BCUT2D eigenvalue weighted by atomic mass is 19.1. The topological polar surface area (TPSA) is 77.1 Å². The fourth-order valence-electron chi connectivity index (χ4n) is 3.61. The first-order valence-electron chi connectivity index (χ1n) is 9.99. The lowest BCUT2D eigenvalue weighted by atomic mass is 10.0. The molecule has 0 fully saturated rings. The molecule has 0 radical (unpaired) electrons. The maximum Gasteiger partial charge on any atom is 0.282 e. The van der Waals surface area contributed by atoms with Crippen LogP contribution < -0.4 is 24.4 Å². The second-order valence-electron chi connectivity index (χ2n) is 7.06. The fraction of sp³-hybridized carbons (Fsp3) is 0.120. The van der Waals surface area contributed by atoms with Gasteiger partial charge in [-0.15, -0.1) is 0 Å². The molecule has 4 rings (SSSR count). The summed E-state index contributed by atoms with van der Waals surface area (Å²) < 4.78 is 29.6. The van der Waals surface area contributed by atoms with Gasteiger partial charge in [-0.25, -0.2) is 9.29 Å². The lowest BCUT2D eigenvalue weighted by molar-refractivity contribution is -0.120. The van der Waals surface area contributed by atoms with E-state index in [1.807, 2.05) is 0 Å². The minimum Gasteiger partial charge on any atom is -0.497 e. The van der Waals surface area contributed by atoms with Crippen molar-refractivity contribution >= 4 is 28.8 Å². The summed E-state index contributed by atoms with van der Waals surface area (Å²) in [7, 11) is 4.50. The molecule has 2 amide bonds. The second-order valence-corrected chi connectivity index (χ2v) is 7.06. The standard InChI is InChI=1S/C25H21FN2O5/c1-31-17-12-13-19(21(14-17)33-3)27-23-22(18-6-4-5-7-20(18)32-2)24(29)28(25(23)30)16-10-8-15(26)9-11-16/h4-14,27H,1-3H3. The molecule has 1 heterocycles. The van der Waals surface area contributed by atoms with Gasteiger partial charge in [0, 0.05) is 11.6 Å². The van der Waals surface area contributed by atoms with Crippen molar-refractivity contribution in [3.63, 3.8) is 0 Å². The molecular formula is C25H21FN2O5. The number of halogens is 1. The van der Waals surface area contributed by atoms with Gasteiger partial charge in [0.05, 0.1) is 38.3 Å². The molecule has 1 aliphatic rings. The minimum atomic E-state index is -0.592. The molecule has 0 aliphatic carbocycles. The van der Waals surface area contributed by atoms with E-state index in [1.165, 1.54) is 45.6 Å². The van der Waals surface area contributed by atoms with Crippen LogP contribution in [-0.2, 0) is 9.59 Å². The van der Waals surface area contributed by atoms with Crippen LogP contribution in [-0.4, -0.2) is 33.1 Å². The molecular weight excluding hydrogens is 427 g/mol. The van der Waals surface area contributed by atoms with Gasteiger partial charge >= 0.3 is 0 Å². The monoisotopic (exact) mass is 448 g/mol. The number of carbonyl (C=O) groups excluding carboxylic acids is 2. The van der Waals surface area contributed by atoms with Gasteiger partial charge in [0.2, 0.25) is 0 Å². The Morgan fingerprint density at radius 1 is 0.788 bits per heavy atom. The Morgan fingerprint density at radius 2 is 1.48 bits per heavy atom. The zero-order valence-corrected chi connectivity index (χ0v) is 18.2. The molecule has 7 nitrogen and oxygen atoms in total. The average Bonchev–Trinajstić information content (AvgIpc) is 3.08. The van der Waals surface area contributed by atoms with Crippen molar-refractivity contribution in [2.45, 2.75) is 0 Å². The predicted molar refractivity (Wildman–Crippen MR) is 122 cm³/mol. The highest BCUT2D eigenvalue weighted by Crippen LogP contribution is 2.39. The number of nitrogens with zero attached hydrogens (tertiary/aromatic N) is 1. The van der Waals surface area contributed by atoms with Gasteiger partial charge in [0.25, 0.3) is 11.8 Å². The number of nitrogens with one attached hydrogen (secondary N) is 1. The summed E-state index contributed by atoms with van der Waals surface area (Å²) >= 11 is 0. The van der Waals surface area contributed by atoms with Gasteiger partial charge < -0.3 is 19.5 Å². The third kappa shape index (κ3) is 3.98. The number of rotatable bonds is 7. The Hall–Kier alpha value is -4.33. The van der Waals surface area contributed by atoms with E-state index in [4.69, 9.17) is 14.2 Å². The fourth-order valence-corrected chi connectivity index (χ4v) is 3.61. The van der Waals surface area contributed by atoms with Crippen molar-refractivity contribution in [2.24, 2.45) is 0 Å². The van der Waals surface area contributed by atoms with E-state index in [0.29, 0.717) is 28.5 Å². The molecule has 3 aromatic carbocycles. The molecule has 3 aromatic rings. The zero-order chi connectivity index (χ0) is 23.5. The van der Waals surface area contributed by atoms with Crippen LogP contribution in [0.5, 0.6) is 17.2 Å². The third-order valence-corrected chi connectivity index (χ3v) is 5.21. The smallest absolute Gasteiger partial charge is 0.282 e. The van der Waals surface area contributed by atoms with E-state index in [-0.39, 0.29) is 17.0 Å². The maximum atomic E-state index is 13.5. The number of hydrogen-bond donors (Lipinski definition) is 1. The lowest BCUT2D eigenvalue weighted by Crippen LogP contribution is -2.32. The third-order valence-electron chi connectivity index (χ3n) is 5.21.